The van der Waals surface area contributed by atoms with Gasteiger partial charge in [-0.15, -0.1) is 0 Å². The zero-order valence-corrected chi connectivity index (χ0v) is 9.94. The number of nitrogens with one attached hydrogen (secondary N) is 1. The van der Waals surface area contributed by atoms with Crippen molar-refractivity contribution in [1.82, 2.24) is 10.3 Å². The van der Waals surface area contributed by atoms with Crippen LogP contribution in [0.1, 0.15) is 5.56 Å². The van der Waals surface area contributed by atoms with Crippen LogP contribution in [0.25, 0.3) is 10.9 Å². The number of methoxy groups -OCH3 is 1. The average Bonchev–Trinajstić information content (AvgIpc) is 2.34. The minimum atomic E-state index is -0.00408. The van der Waals surface area contributed by atoms with Crippen molar-refractivity contribution in [2.75, 3.05) is 20.2 Å². The highest BCUT2D eigenvalue weighted by Gasteiger charge is 2.36. The van der Waals surface area contributed by atoms with Gasteiger partial charge in [0.1, 0.15) is 0 Å². The summed E-state index contributed by atoms with van der Waals surface area (Å²) in [6.07, 6.45) is 2.79. The summed E-state index contributed by atoms with van der Waals surface area (Å²) in [7, 11) is 1.80. The molecule has 0 aliphatic carbocycles. The molecule has 0 radical (unpaired) electrons. The molecular weight excluding hydrogens is 212 g/mol. The first kappa shape index (κ1) is 10.7. The zero-order chi connectivity index (χ0) is 11.7. The van der Waals surface area contributed by atoms with Gasteiger partial charge < -0.3 is 10.1 Å². The monoisotopic (exact) mass is 228 g/mol. The molecule has 3 rings (SSSR count). The molecule has 17 heavy (non-hydrogen) atoms. The van der Waals surface area contributed by atoms with Crippen LogP contribution < -0.4 is 5.32 Å². The highest BCUT2D eigenvalue weighted by atomic mass is 16.5. The maximum absolute atomic E-state index is 5.61. The Labute approximate surface area is 101 Å². The molecule has 1 aliphatic rings. The molecule has 88 valence electrons. The van der Waals surface area contributed by atoms with Crippen LogP contribution in [-0.2, 0) is 11.2 Å². The van der Waals surface area contributed by atoms with E-state index >= 15 is 0 Å². The van der Waals surface area contributed by atoms with E-state index in [1.165, 1.54) is 10.9 Å². The zero-order valence-electron chi connectivity index (χ0n) is 9.94. The number of ether oxygens (including phenoxy) is 1. The first-order chi connectivity index (χ1) is 8.31. The lowest BCUT2D eigenvalue weighted by Crippen LogP contribution is -2.61. The van der Waals surface area contributed by atoms with E-state index in [0.29, 0.717) is 0 Å². The lowest BCUT2D eigenvalue weighted by Gasteiger charge is -2.41. The summed E-state index contributed by atoms with van der Waals surface area (Å²) in [5.41, 5.74) is 2.36. The Morgan fingerprint density at radius 3 is 2.94 bits per heavy atom. The molecule has 0 unspecified atom stereocenters. The molecule has 1 aliphatic heterocycles. The molecule has 2 heterocycles. The molecule has 2 aromatic rings. The molecule has 3 heteroatoms. The second-order valence-corrected chi connectivity index (χ2v) is 4.70. The summed E-state index contributed by atoms with van der Waals surface area (Å²) in [5.74, 6) is 0. The molecule has 1 fully saturated rings. The predicted octanol–water partition coefficient (Wildman–Crippen LogP) is 1.77. The summed E-state index contributed by atoms with van der Waals surface area (Å²) in [4.78, 5) is 4.33. The number of aromatic nitrogens is 1. The molecule has 0 saturated carbocycles. The van der Waals surface area contributed by atoms with E-state index < -0.39 is 0 Å². The fourth-order valence-electron chi connectivity index (χ4n) is 2.35. The van der Waals surface area contributed by atoms with Gasteiger partial charge in [0.15, 0.2) is 0 Å². The maximum atomic E-state index is 5.61. The molecule has 1 saturated heterocycles. The topological polar surface area (TPSA) is 34.1 Å². The number of rotatable bonds is 3. The minimum absolute atomic E-state index is 0.00408. The van der Waals surface area contributed by atoms with Gasteiger partial charge in [0, 0.05) is 38.2 Å². The first-order valence-electron chi connectivity index (χ1n) is 5.91. The minimum Gasteiger partial charge on any atom is -0.375 e. The highest BCUT2D eigenvalue weighted by Crippen LogP contribution is 2.23. The third kappa shape index (κ3) is 1.92. The third-order valence-corrected chi connectivity index (χ3v) is 3.52. The van der Waals surface area contributed by atoms with E-state index in [0.717, 1.165) is 25.0 Å². The average molecular weight is 228 g/mol. The number of fused-ring (bicyclic) bond motifs is 1. The van der Waals surface area contributed by atoms with Gasteiger partial charge in [-0.05, 0) is 23.8 Å². The lowest BCUT2D eigenvalue weighted by atomic mass is 9.88. The first-order valence-corrected chi connectivity index (χ1v) is 5.91. The second-order valence-electron chi connectivity index (χ2n) is 4.70. The van der Waals surface area contributed by atoms with Crippen molar-refractivity contribution < 1.29 is 4.74 Å². The van der Waals surface area contributed by atoms with Gasteiger partial charge in [-0.3, -0.25) is 4.98 Å². The smallest absolute Gasteiger partial charge is 0.0966 e. The van der Waals surface area contributed by atoms with Crippen molar-refractivity contribution >= 4 is 10.9 Å². The van der Waals surface area contributed by atoms with Crippen LogP contribution in [0.2, 0.25) is 0 Å². The van der Waals surface area contributed by atoms with Gasteiger partial charge in [-0.2, -0.15) is 0 Å². The van der Waals surface area contributed by atoms with E-state index in [4.69, 9.17) is 4.74 Å². The van der Waals surface area contributed by atoms with Crippen molar-refractivity contribution in [3.05, 3.63) is 42.1 Å². The van der Waals surface area contributed by atoms with E-state index in [-0.39, 0.29) is 5.60 Å². The number of benzene rings is 1. The summed E-state index contributed by atoms with van der Waals surface area (Å²) >= 11 is 0. The second kappa shape index (κ2) is 4.09. The number of pyridine rings is 1. The van der Waals surface area contributed by atoms with Gasteiger partial charge in [-0.1, -0.05) is 12.1 Å². The number of nitrogens with zero attached hydrogens (tertiary/aromatic N) is 1. The van der Waals surface area contributed by atoms with Crippen LogP contribution in [0.5, 0.6) is 0 Å². The Balaban J connectivity index is 1.90. The fraction of sp³-hybridized carbons (Fsp3) is 0.357. The van der Waals surface area contributed by atoms with Gasteiger partial charge in [0.05, 0.1) is 11.1 Å². The Kier molecular flexibility index (Phi) is 2.57. The summed E-state index contributed by atoms with van der Waals surface area (Å²) in [6, 6.07) is 10.5. The molecular formula is C14H16N2O. The van der Waals surface area contributed by atoms with Crippen LogP contribution >= 0.6 is 0 Å². The van der Waals surface area contributed by atoms with Gasteiger partial charge in [0.25, 0.3) is 0 Å². The van der Waals surface area contributed by atoms with Gasteiger partial charge in [-0.25, -0.2) is 0 Å². The summed E-state index contributed by atoms with van der Waals surface area (Å²) in [6.45, 7) is 1.88. The van der Waals surface area contributed by atoms with Crippen molar-refractivity contribution in [3.8, 4) is 0 Å². The van der Waals surface area contributed by atoms with Crippen LogP contribution in [0.3, 0.4) is 0 Å². The fourth-order valence-corrected chi connectivity index (χ4v) is 2.35. The van der Waals surface area contributed by atoms with Crippen LogP contribution in [-0.4, -0.2) is 30.8 Å². The molecule has 0 spiro atoms. The van der Waals surface area contributed by atoms with Crippen molar-refractivity contribution in [2.24, 2.45) is 0 Å². The molecule has 1 N–H and O–H groups in total. The molecule has 0 atom stereocenters. The third-order valence-electron chi connectivity index (χ3n) is 3.52. The van der Waals surface area contributed by atoms with E-state index in [1.54, 1.807) is 7.11 Å². The predicted molar refractivity (Wildman–Crippen MR) is 68.1 cm³/mol. The van der Waals surface area contributed by atoms with Crippen molar-refractivity contribution in [3.63, 3.8) is 0 Å². The molecule has 3 nitrogen and oxygen atoms in total. The van der Waals surface area contributed by atoms with Crippen molar-refractivity contribution in [1.29, 1.82) is 0 Å². The van der Waals surface area contributed by atoms with Crippen LogP contribution in [0, 0.1) is 0 Å². The van der Waals surface area contributed by atoms with E-state index in [9.17, 15) is 0 Å². The van der Waals surface area contributed by atoms with E-state index in [1.807, 2.05) is 12.3 Å². The summed E-state index contributed by atoms with van der Waals surface area (Å²) in [5, 5.41) is 4.47. The maximum Gasteiger partial charge on any atom is 0.0966 e. The van der Waals surface area contributed by atoms with Crippen LogP contribution in [0.4, 0.5) is 0 Å². The standard InChI is InChI=1S/C14H16N2O/c1-17-14(9-15-10-14)8-11-4-5-13-12(7-11)3-2-6-16-13/h2-7,15H,8-10H2,1H3. The highest BCUT2D eigenvalue weighted by molar-refractivity contribution is 5.78. The van der Waals surface area contributed by atoms with Gasteiger partial charge in [0.2, 0.25) is 0 Å². The van der Waals surface area contributed by atoms with Gasteiger partial charge >= 0.3 is 0 Å². The summed E-state index contributed by atoms with van der Waals surface area (Å²) < 4.78 is 5.61. The molecule has 0 bridgehead atoms. The molecule has 1 aromatic carbocycles. The number of hydrogen-bond acceptors (Lipinski definition) is 3. The quantitative estimate of drug-likeness (QED) is 0.869. The SMILES string of the molecule is COC1(Cc2ccc3ncccc3c2)CNC1. The molecule has 1 aromatic heterocycles. The largest absolute Gasteiger partial charge is 0.375 e. The normalized spacial score (nSPS) is 17.9. The Hall–Kier alpha value is -1.45. The Morgan fingerprint density at radius 1 is 1.35 bits per heavy atom. The van der Waals surface area contributed by atoms with Crippen LogP contribution in [0.15, 0.2) is 36.5 Å². The molecule has 0 amide bonds. The van der Waals surface area contributed by atoms with E-state index in [2.05, 4.69) is 34.6 Å². The lowest BCUT2D eigenvalue weighted by molar-refractivity contribution is -0.0502. The number of hydrogen-bond donors (Lipinski definition) is 1. The van der Waals surface area contributed by atoms with Crippen molar-refractivity contribution in [2.45, 2.75) is 12.0 Å². The Morgan fingerprint density at radius 2 is 2.24 bits per heavy atom. The Bertz CT molecular complexity index is 529.